The molecule has 1 amide bonds. The maximum absolute atomic E-state index is 12.7. The van der Waals surface area contributed by atoms with E-state index in [-0.39, 0.29) is 35.4 Å². The number of piperazine rings is 1. The number of rotatable bonds is 3. The molecule has 0 spiro atoms. The average molecular weight is 378 g/mol. The van der Waals surface area contributed by atoms with Gasteiger partial charge in [0, 0.05) is 37.1 Å². The quantitative estimate of drug-likeness (QED) is 0.754. The van der Waals surface area contributed by atoms with E-state index in [4.69, 9.17) is 0 Å². The van der Waals surface area contributed by atoms with E-state index >= 15 is 0 Å². The second-order valence-electron chi connectivity index (χ2n) is 7.27. The fourth-order valence-corrected chi connectivity index (χ4v) is 3.53. The predicted octanol–water partition coefficient (Wildman–Crippen LogP) is 1.95. The minimum Gasteiger partial charge on any atom is -0.504 e. The summed E-state index contributed by atoms with van der Waals surface area (Å²) in [6.07, 6.45) is 1.57. The number of hydrogen-bond acceptors (Lipinski definition) is 5. The summed E-state index contributed by atoms with van der Waals surface area (Å²) in [6.45, 7) is 5.26. The zero-order valence-corrected chi connectivity index (χ0v) is 15.9. The molecule has 7 nitrogen and oxygen atoms in total. The third-order valence-corrected chi connectivity index (χ3v) is 5.14. The third kappa shape index (κ3) is 3.36. The molecule has 4 rings (SSSR count). The molecule has 28 heavy (non-hydrogen) atoms. The number of aryl methyl sites for hydroxylation is 1. The van der Waals surface area contributed by atoms with Crippen molar-refractivity contribution in [2.75, 3.05) is 18.0 Å². The summed E-state index contributed by atoms with van der Waals surface area (Å²) in [7, 11) is 0. The van der Waals surface area contributed by atoms with Crippen molar-refractivity contribution in [1.82, 2.24) is 14.3 Å². The molecule has 0 radical (unpaired) electrons. The van der Waals surface area contributed by atoms with Crippen LogP contribution in [0.3, 0.4) is 0 Å². The van der Waals surface area contributed by atoms with E-state index in [0.29, 0.717) is 18.8 Å². The number of amides is 1. The first-order valence-corrected chi connectivity index (χ1v) is 9.24. The molecule has 0 bridgehead atoms. The van der Waals surface area contributed by atoms with Gasteiger partial charge in [0.2, 0.25) is 5.91 Å². The van der Waals surface area contributed by atoms with E-state index in [1.54, 1.807) is 17.2 Å². The van der Waals surface area contributed by atoms with Gasteiger partial charge in [-0.25, -0.2) is 4.98 Å². The van der Waals surface area contributed by atoms with E-state index in [2.05, 4.69) is 11.9 Å². The molecule has 3 aromatic rings. The minimum absolute atomic E-state index is 0.0160. The van der Waals surface area contributed by atoms with Crippen LogP contribution in [0.1, 0.15) is 18.2 Å². The van der Waals surface area contributed by atoms with Crippen LogP contribution in [0.5, 0.6) is 5.75 Å². The molecule has 1 aromatic carbocycles. The van der Waals surface area contributed by atoms with Gasteiger partial charge in [0.05, 0.1) is 12.2 Å². The van der Waals surface area contributed by atoms with Gasteiger partial charge in [-0.3, -0.25) is 18.9 Å². The van der Waals surface area contributed by atoms with Gasteiger partial charge in [-0.2, -0.15) is 0 Å². The normalized spacial score (nSPS) is 18.0. The highest BCUT2D eigenvalue weighted by atomic mass is 16.3. The standard InChI is InChI=1S/C21H22N4O3/c1-14-5-7-17(8-6-14)25-11-15(2)23(13-20(25)28)12-16-10-19(27)24-9-3-4-18(26)21(24)22-16/h3-10,15,26H,11-13H2,1-2H3/t15-/m0/s1. The maximum atomic E-state index is 12.7. The third-order valence-electron chi connectivity index (χ3n) is 5.14. The lowest BCUT2D eigenvalue weighted by atomic mass is 10.1. The summed E-state index contributed by atoms with van der Waals surface area (Å²) < 4.78 is 1.31. The number of carbonyl (C=O) groups excluding carboxylic acids is 1. The van der Waals surface area contributed by atoms with Crippen molar-refractivity contribution in [2.24, 2.45) is 0 Å². The molecule has 1 fully saturated rings. The lowest BCUT2D eigenvalue weighted by Gasteiger charge is -2.39. The molecular formula is C21H22N4O3. The zero-order valence-electron chi connectivity index (χ0n) is 15.9. The number of benzene rings is 1. The van der Waals surface area contributed by atoms with Gasteiger partial charge < -0.3 is 10.0 Å². The molecule has 1 aliphatic rings. The van der Waals surface area contributed by atoms with Crippen LogP contribution in [0.2, 0.25) is 0 Å². The van der Waals surface area contributed by atoms with Crippen LogP contribution in [-0.4, -0.2) is 44.4 Å². The van der Waals surface area contributed by atoms with Crippen LogP contribution < -0.4 is 10.5 Å². The van der Waals surface area contributed by atoms with Crippen LogP contribution in [0.4, 0.5) is 5.69 Å². The van der Waals surface area contributed by atoms with Crippen molar-refractivity contribution in [3.05, 3.63) is 70.3 Å². The largest absolute Gasteiger partial charge is 0.504 e. The monoisotopic (exact) mass is 378 g/mol. The van der Waals surface area contributed by atoms with Gasteiger partial charge in [-0.05, 0) is 38.1 Å². The molecule has 3 heterocycles. The number of aromatic hydroxyl groups is 1. The SMILES string of the molecule is Cc1ccc(N2C[C@H](C)N(Cc3cc(=O)n4cccc(O)c4n3)CC2=O)cc1. The fourth-order valence-electron chi connectivity index (χ4n) is 3.53. The van der Waals surface area contributed by atoms with Crippen molar-refractivity contribution >= 4 is 17.2 Å². The second kappa shape index (κ2) is 7.09. The zero-order chi connectivity index (χ0) is 19.8. The van der Waals surface area contributed by atoms with Gasteiger partial charge >= 0.3 is 0 Å². The minimum atomic E-state index is -0.256. The first-order valence-electron chi connectivity index (χ1n) is 9.24. The molecule has 1 aliphatic heterocycles. The molecule has 0 saturated carbocycles. The maximum Gasteiger partial charge on any atom is 0.258 e. The van der Waals surface area contributed by atoms with E-state index in [0.717, 1.165) is 11.3 Å². The number of fused-ring (bicyclic) bond motifs is 1. The van der Waals surface area contributed by atoms with E-state index in [9.17, 15) is 14.7 Å². The first kappa shape index (κ1) is 18.2. The molecule has 1 saturated heterocycles. The number of nitrogens with zero attached hydrogens (tertiary/aromatic N) is 4. The molecule has 1 N–H and O–H groups in total. The van der Waals surface area contributed by atoms with E-state index in [1.165, 1.54) is 16.5 Å². The number of anilines is 1. The number of pyridine rings is 1. The van der Waals surface area contributed by atoms with Gasteiger partial charge in [0.25, 0.3) is 5.56 Å². The Kier molecular flexibility index (Phi) is 4.60. The van der Waals surface area contributed by atoms with Crippen molar-refractivity contribution in [1.29, 1.82) is 0 Å². The Labute approximate surface area is 162 Å². The second-order valence-corrected chi connectivity index (χ2v) is 7.27. The summed E-state index contributed by atoms with van der Waals surface area (Å²) in [5.74, 6) is -0.0305. The van der Waals surface area contributed by atoms with Gasteiger partial charge in [-0.15, -0.1) is 0 Å². The summed E-state index contributed by atoms with van der Waals surface area (Å²) in [6, 6.07) is 12.6. The van der Waals surface area contributed by atoms with E-state index < -0.39 is 0 Å². The first-order chi connectivity index (χ1) is 13.4. The summed E-state index contributed by atoms with van der Waals surface area (Å²) in [4.78, 5) is 33.3. The van der Waals surface area contributed by atoms with Crippen LogP contribution >= 0.6 is 0 Å². The Morgan fingerprint density at radius 2 is 1.93 bits per heavy atom. The number of hydrogen-bond donors (Lipinski definition) is 1. The molecular weight excluding hydrogens is 356 g/mol. The van der Waals surface area contributed by atoms with Crippen molar-refractivity contribution in [2.45, 2.75) is 26.4 Å². The topological polar surface area (TPSA) is 78.2 Å². The Bertz CT molecular complexity index is 1090. The Morgan fingerprint density at radius 1 is 1.18 bits per heavy atom. The van der Waals surface area contributed by atoms with Crippen molar-refractivity contribution in [3.8, 4) is 5.75 Å². The molecule has 1 atom stereocenters. The molecule has 2 aromatic heterocycles. The van der Waals surface area contributed by atoms with E-state index in [1.807, 2.05) is 36.1 Å². The average Bonchev–Trinajstić information content (AvgIpc) is 2.66. The van der Waals surface area contributed by atoms with Gasteiger partial charge in [0.1, 0.15) is 0 Å². The smallest absolute Gasteiger partial charge is 0.258 e. The van der Waals surface area contributed by atoms with Crippen LogP contribution in [-0.2, 0) is 11.3 Å². The summed E-state index contributed by atoms with van der Waals surface area (Å²) in [5, 5.41) is 10.0. The molecule has 0 aliphatic carbocycles. The predicted molar refractivity (Wildman–Crippen MR) is 107 cm³/mol. The number of carbonyl (C=O) groups is 1. The summed E-state index contributed by atoms with van der Waals surface area (Å²) in [5.41, 5.74) is 2.55. The molecule has 7 heteroatoms. The fraction of sp³-hybridized carbons (Fsp3) is 0.286. The van der Waals surface area contributed by atoms with Crippen molar-refractivity contribution < 1.29 is 9.90 Å². The number of aromatic nitrogens is 2. The Balaban J connectivity index is 1.56. The molecule has 0 unspecified atom stereocenters. The summed E-state index contributed by atoms with van der Waals surface area (Å²) >= 11 is 0. The van der Waals surface area contributed by atoms with Gasteiger partial charge in [-0.1, -0.05) is 17.7 Å². The lowest BCUT2D eigenvalue weighted by molar-refractivity contribution is -0.122. The van der Waals surface area contributed by atoms with Crippen LogP contribution in [0.15, 0.2) is 53.5 Å². The highest BCUT2D eigenvalue weighted by Gasteiger charge is 2.30. The highest BCUT2D eigenvalue weighted by molar-refractivity contribution is 5.95. The lowest BCUT2D eigenvalue weighted by Crippen LogP contribution is -2.55. The van der Waals surface area contributed by atoms with Crippen LogP contribution in [0, 0.1) is 6.92 Å². The molecule has 144 valence electrons. The Hall–Kier alpha value is -3.19. The van der Waals surface area contributed by atoms with Crippen LogP contribution in [0.25, 0.3) is 5.65 Å². The highest BCUT2D eigenvalue weighted by Crippen LogP contribution is 2.22. The van der Waals surface area contributed by atoms with Crippen molar-refractivity contribution in [3.63, 3.8) is 0 Å². The van der Waals surface area contributed by atoms with Gasteiger partial charge in [0.15, 0.2) is 11.4 Å². The Morgan fingerprint density at radius 3 is 2.68 bits per heavy atom.